The van der Waals surface area contributed by atoms with E-state index >= 15 is 0 Å². The summed E-state index contributed by atoms with van der Waals surface area (Å²) in [7, 11) is 3.34. The average Bonchev–Trinajstić information content (AvgIpc) is 3.19. The summed E-state index contributed by atoms with van der Waals surface area (Å²) in [5.74, 6) is 0.773. The van der Waals surface area contributed by atoms with E-state index in [2.05, 4.69) is 18.6 Å². The molecule has 2 aliphatic heterocycles. The van der Waals surface area contributed by atoms with Crippen LogP contribution in [0.15, 0.2) is 46.9 Å². The second-order valence-corrected chi connectivity index (χ2v) is 12.0. The Hall–Kier alpha value is -3.59. The van der Waals surface area contributed by atoms with Crippen LogP contribution in [0.2, 0.25) is 0 Å². The first-order chi connectivity index (χ1) is 19.0. The Bertz CT molecular complexity index is 1510. The third-order valence-corrected chi connectivity index (χ3v) is 8.38. The van der Waals surface area contributed by atoms with Crippen molar-refractivity contribution in [1.82, 2.24) is 14.6 Å². The van der Waals surface area contributed by atoms with Crippen LogP contribution in [-0.4, -0.2) is 54.4 Å². The minimum Gasteiger partial charge on any atom is -0.496 e. The molecule has 3 heterocycles. The van der Waals surface area contributed by atoms with Gasteiger partial charge in [0.2, 0.25) is 0 Å². The Morgan fingerprint density at radius 1 is 1.18 bits per heavy atom. The molecule has 40 heavy (non-hydrogen) atoms. The fourth-order valence-corrected chi connectivity index (χ4v) is 6.40. The molecule has 1 aliphatic carbocycles. The molecular formula is C31H35N3O5S. The van der Waals surface area contributed by atoms with E-state index in [4.69, 9.17) is 14.5 Å². The molecule has 2 aromatic rings. The zero-order chi connectivity index (χ0) is 28.9. The summed E-state index contributed by atoms with van der Waals surface area (Å²) in [5.41, 5.74) is 5.02. The molecule has 0 bridgehead atoms. The van der Waals surface area contributed by atoms with E-state index in [1.807, 2.05) is 38.1 Å². The Morgan fingerprint density at radius 3 is 2.60 bits per heavy atom. The first kappa shape index (κ1) is 28.0. The molecule has 3 aliphatic rings. The normalized spacial score (nSPS) is 19.9. The zero-order valence-corrected chi connectivity index (χ0v) is 24.9. The minimum atomic E-state index is -0.621. The maximum Gasteiger partial charge on any atom is 0.279 e. The number of nitrogens with zero attached hydrogens (tertiary/aromatic N) is 2. The fraction of sp³-hybridized carbons (Fsp3) is 0.419. The lowest BCUT2D eigenvalue weighted by molar-refractivity contribution is -0.124. The number of rotatable bonds is 6. The largest absolute Gasteiger partial charge is 0.496 e. The van der Waals surface area contributed by atoms with Gasteiger partial charge in [-0.1, -0.05) is 38.8 Å². The molecule has 8 nitrogen and oxygen atoms in total. The maximum atomic E-state index is 13.7. The number of benzene rings is 1. The number of ether oxygens (including phenoxy) is 2. The van der Waals surface area contributed by atoms with E-state index in [-0.39, 0.29) is 23.0 Å². The molecule has 1 atom stereocenters. The summed E-state index contributed by atoms with van der Waals surface area (Å²) >= 11 is 1.23. The highest BCUT2D eigenvalue weighted by Gasteiger charge is 2.49. The van der Waals surface area contributed by atoms with Gasteiger partial charge < -0.3 is 14.4 Å². The number of ketones is 1. The Morgan fingerprint density at radius 2 is 1.93 bits per heavy atom. The summed E-state index contributed by atoms with van der Waals surface area (Å²) in [6, 6.07) is 7.61. The second-order valence-electron chi connectivity index (χ2n) is 11.4. The molecule has 210 valence electrons. The van der Waals surface area contributed by atoms with Gasteiger partial charge in [0.05, 0.1) is 30.8 Å². The molecule has 2 amide bonds. The number of methoxy groups -OCH3 is 1. The molecule has 0 saturated carbocycles. The highest BCUT2D eigenvalue weighted by molar-refractivity contribution is 7.97. The Balaban J connectivity index is 1.74. The van der Waals surface area contributed by atoms with Gasteiger partial charge in [0.1, 0.15) is 23.0 Å². The maximum absolute atomic E-state index is 13.7. The van der Waals surface area contributed by atoms with E-state index in [0.29, 0.717) is 65.6 Å². The number of Topliss-reactive ketones (excluding diaryl/α,β-unsaturated/α-hetero) is 1. The van der Waals surface area contributed by atoms with Gasteiger partial charge in [-0.3, -0.25) is 19.1 Å². The molecule has 9 heteroatoms. The standard InChI is InChI=1S/C31H35N3O5S/c1-8-17-9-11-19(32-28(17)29(36)33-40-7)18-10-12-21(38-6)24(16(18)2)27-25-20(35)13-31(3,4)14-22(25)39-23-15-34(5)30(37)26(23)27/h9-12,27H,8,13-15H2,1-7H3,(H,33,36)/t27-/m0/s1. The number of hydrogen-bond acceptors (Lipinski definition) is 7. The Kier molecular flexibility index (Phi) is 7.29. The lowest BCUT2D eigenvalue weighted by atomic mass is 9.69. The highest BCUT2D eigenvalue weighted by atomic mass is 32.2. The summed E-state index contributed by atoms with van der Waals surface area (Å²) < 4.78 is 14.9. The van der Waals surface area contributed by atoms with Gasteiger partial charge >= 0.3 is 0 Å². The van der Waals surface area contributed by atoms with Gasteiger partial charge in [-0.25, -0.2) is 4.98 Å². The summed E-state index contributed by atoms with van der Waals surface area (Å²) in [5, 5.41) is 0. The number of allylic oxidation sites excluding steroid dienone is 2. The smallest absolute Gasteiger partial charge is 0.279 e. The SMILES string of the molecule is CCc1ccc(-c2ccc(OC)c([C@H]3C4=C(CC(C)(C)CC4=O)OC4=C3C(=O)N(C)C4)c2C)nc1C(=O)NSC. The number of aryl methyl sites for hydroxylation is 1. The lowest BCUT2D eigenvalue weighted by Gasteiger charge is -2.38. The van der Waals surface area contributed by atoms with Crippen LogP contribution in [-0.2, 0) is 20.7 Å². The first-order valence-corrected chi connectivity index (χ1v) is 14.7. The number of likely N-dealkylation sites (N-methyl/N-ethyl adjacent to an activating group) is 1. The predicted molar refractivity (Wildman–Crippen MR) is 155 cm³/mol. The zero-order valence-electron chi connectivity index (χ0n) is 24.1. The molecule has 0 spiro atoms. The van der Waals surface area contributed by atoms with Gasteiger partial charge in [-0.05, 0) is 48.1 Å². The van der Waals surface area contributed by atoms with Crippen molar-refractivity contribution < 1.29 is 23.9 Å². The van der Waals surface area contributed by atoms with Crippen molar-refractivity contribution in [2.24, 2.45) is 5.41 Å². The molecule has 1 N–H and O–H groups in total. The molecule has 0 saturated heterocycles. The van der Waals surface area contributed by atoms with E-state index in [0.717, 1.165) is 22.3 Å². The van der Waals surface area contributed by atoms with Crippen LogP contribution < -0.4 is 9.46 Å². The molecule has 0 radical (unpaired) electrons. The number of aromatic nitrogens is 1. The number of carbonyl (C=O) groups excluding carboxylic acids is 3. The number of hydrogen-bond donors (Lipinski definition) is 1. The van der Waals surface area contributed by atoms with E-state index in [1.165, 1.54) is 11.9 Å². The van der Waals surface area contributed by atoms with Gasteiger partial charge in [0.25, 0.3) is 11.8 Å². The lowest BCUT2D eigenvalue weighted by Crippen LogP contribution is -2.33. The van der Waals surface area contributed by atoms with Crippen LogP contribution in [0.25, 0.3) is 11.3 Å². The topological polar surface area (TPSA) is 97.8 Å². The van der Waals surface area contributed by atoms with Gasteiger partial charge in [0, 0.05) is 42.8 Å². The van der Waals surface area contributed by atoms with E-state index in [1.54, 1.807) is 25.3 Å². The minimum absolute atomic E-state index is 0.0153. The van der Waals surface area contributed by atoms with Gasteiger partial charge in [-0.15, -0.1) is 0 Å². The third-order valence-electron chi connectivity index (χ3n) is 7.99. The third kappa shape index (κ3) is 4.60. The van der Waals surface area contributed by atoms with Crippen molar-refractivity contribution in [1.29, 1.82) is 0 Å². The second kappa shape index (κ2) is 10.4. The highest BCUT2D eigenvalue weighted by Crippen LogP contribution is 2.53. The molecule has 0 unspecified atom stereocenters. The molecule has 1 aromatic carbocycles. The van der Waals surface area contributed by atoms with Crippen LogP contribution in [0.5, 0.6) is 5.75 Å². The number of nitrogens with one attached hydrogen (secondary N) is 1. The number of carbonyl (C=O) groups is 3. The van der Waals surface area contributed by atoms with Crippen molar-refractivity contribution in [2.75, 3.05) is 27.0 Å². The van der Waals surface area contributed by atoms with Crippen molar-refractivity contribution in [3.05, 3.63) is 69.3 Å². The fourth-order valence-electron chi connectivity index (χ4n) is 6.12. The first-order valence-electron chi connectivity index (χ1n) is 13.4. The molecule has 5 rings (SSSR count). The van der Waals surface area contributed by atoms with Crippen molar-refractivity contribution in [3.8, 4) is 17.0 Å². The number of amides is 2. The summed E-state index contributed by atoms with van der Waals surface area (Å²) in [6.45, 7) is 8.42. The molecular weight excluding hydrogens is 526 g/mol. The quantitative estimate of drug-likeness (QED) is 0.489. The van der Waals surface area contributed by atoms with E-state index < -0.39 is 5.92 Å². The van der Waals surface area contributed by atoms with Crippen molar-refractivity contribution >= 4 is 29.5 Å². The van der Waals surface area contributed by atoms with Crippen molar-refractivity contribution in [3.63, 3.8) is 0 Å². The van der Waals surface area contributed by atoms with E-state index in [9.17, 15) is 14.4 Å². The van der Waals surface area contributed by atoms with Crippen LogP contribution in [0.3, 0.4) is 0 Å². The van der Waals surface area contributed by atoms with Gasteiger partial charge in [-0.2, -0.15) is 0 Å². The van der Waals surface area contributed by atoms with Crippen LogP contribution in [0.1, 0.15) is 66.7 Å². The molecule has 0 fully saturated rings. The Labute approximate surface area is 239 Å². The van der Waals surface area contributed by atoms with Crippen LogP contribution in [0.4, 0.5) is 0 Å². The van der Waals surface area contributed by atoms with Crippen LogP contribution in [0, 0.1) is 12.3 Å². The van der Waals surface area contributed by atoms with Crippen LogP contribution >= 0.6 is 11.9 Å². The summed E-state index contributed by atoms with van der Waals surface area (Å²) in [4.78, 5) is 46.5. The summed E-state index contributed by atoms with van der Waals surface area (Å²) in [6.07, 6.45) is 3.44. The predicted octanol–water partition coefficient (Wildman–Crippen LogP) is 5.12. The number of pyridine rings is 1. The molecule has 1 aromatic heterocycles. The van der Waals surface area contributed by atoms with Gasteiger partial charge in [0.15, 0.2) is 5.78 Å². The average molecular weight is 562 g/mol. The van der Waals surface area contributed by atoms with Crippen molar-refractivity contribution in [2.45, 2.75) is 52.9 Å². The monoisotopic (exact) mass is 561 g/mol.